The number of ketones is 1. The van der Waals surface area contributed by atoms with Gasteiger partial charge < -0.3 is 20.4 Å². The molecule has 28 heavy (non-hydrogen) atoms. The van der Waals surface area contributed by atoms with Crippen LogP contribution < -0.4 is 15.4 Å². The van der Waals surface area contributed by atoms with Gasteiger partial charge in [-0.05, 0) is 49.4 Å². The van der Waals surface area contributed by atoms with Crippen molar-refractivity contribution < 1.29 is 19.1 Å². The van der Waals surface area contributed by atoms with Crippen LogP contribution in [0, 0.1) is 0 Å². The smallest absolute Gasteiger partial charge is 0.272 e. The van der Waals surface area contributed by atoms with Gasteiger partial charge in [-0.25, -0.2) is 0 Å². The number of amides is 2. The molecule has 0 unspecified atom stereocenters. The van der Waals surface area contributed by atoms with Crippen molar-refractivity contribution in [2.75, 3.05) is 17.7 Å². The Kier molecular flexibility index (Phi) is 5.55. The van der Waals surface area contributed by atoms with Crippen LogP contribution in [-0.4, -0.2) is 29.7 Å². The first-order chi connectivity index (χ1) is 13.5. The first kappa shape index (κ1) is 18.9. The summed E-state index contributed by atoms with van der Waals surface area (Å²) in [6.07, 6.45) is 1.49. The van der Waals surface area contributed by atoms with Gasteiger partial charge in [-0.2, -0.15) is 0 Å². The van der Waals surface area contributed by atoms with E-state index in [1.165, 1.54) is 26.3 Å². The molecule has 142 valence electrons. The Labute approximate surface area is 161 Å². The standard InChI is InChI=1S/C21H19N3O4/c1-13(25)15-11-18(22-12-15)21(27)23-16-9-7-14(8-10-16)20(26)24-17-5-3-4-6-19(17)28-2/h3-12,22H,1-2H3,(H,23,27)(H,24,26). The fourth-order valence-corrected chi connectivity index (χ4v) is 2.57. The number of ether oxygens (including phenoxy) is 1. The lowest BCUT2D eigenvalue weighted by Crippen LogP contribution is -2.14. The first-order valence-corrected chi connectivity index (χ1v) is 8.53. The lowest BCUT2D eigenvalue weighted by Gasteiger charge is -2.10. The fraction of sp³-hybridized carbons (Fsp3) is 0.0952. The number of aromatic amines is 1. The Bertz CT molecular complexity index is 1020. The Morgan fingerprint density at radius 3 is 2.25 bits per heavy atom. The average Bonchev–Trinajstić information content (AvgIpc) is 3.20. The molecule has 0 aliphatic heterocycles. The van der Waals surface area contributed by atoms with Gasteiger partial charge in [-0.1, -0.05) is 12.1 Å². The van der Waals surface area contributed by atoms with E-state index in [1.54, 1.807) is 42.5 Å². The minimum atomic E-state index is -0.376. The van der Waals surface area contributed by atoms with E-state index in [4.69, 9.17) is 4.74 Å². The summed E-state index contributed by atoms with van der Waals surface area (Å²) in [5.74, 6) is -0.229. The van der Waals surface area contributed by atoms with Crippen LogP contribution in [0.25, 0.3) is 0 Å². The first-order valence-electron chi connectivity index (χ1n) is 8.53. The molecule has 7 heteroatoms. The van der Waals surface area contributed by atoms with Gasteiger partial charge >= 0.3 is 0 Å². The van der Waals surface area contributed by atoms with E-state index in [0.717, 1.165) is 0 Å². The van der Waals surface area contributed by atoms with Gasteiger partial charge in [0.05, 0.1) is 12.8 Å². The summed E-state index contributed by atoms with van der Waals surface area (Å²) < 4.78 is 5.22. The summed E-state index contributed by atoms with van der Waals surface area (Å²) >= 11 is 0. The molecule has 0 aliphatic rings. The second kappa shape index (κ2) is 8.22. The number of anilines is 2. The Balaban J connectivity index is 1.66. The number of benzene rings is 2. The van der Waals surface area contributed by atoms with E-state index in [1.807, 2.05) is 6.07 Å². The van der Waals surface area contributed by atoms with Gasteiger partial charge in [0.2, 0.25) is 0 Å². The molecule has 0 spiro atoms. The number of hydrogen-bond donors (Lipinski definition) is 3. The van der Waals surface area contributed by atoms with E-state index in [2.05, 4.69) is 15.6 Å². The zero-order valence-electron chi connectivity index (χ0n) is 15.4. The minimum absolute atomic E-state index is 0.124. The number of aromatic nitrogens is 1. The van der Waals surface area contributed by atoms with E-state index >= 15 is 0 Å². The third-order valence-corrected chi connectivity index (χ3v) is 4.09. The number of carbonyl (C=O) groups is 3. The highest BCUT2D eigenvalue weighted by Crippen LogP contribution is 2.24. The van der Waals surface area contributed by atoms with Gasteiger partial charge in [-0.3, -0.25) is 14.4 Å². The van der Waals surface area contributed by atoms with Gasteiger partial charge in [0, 0.05) is 23.0 Å². The van der Waals surface area contributed by atoms with Gasteiger partial charge in [-0.15, -0.1) is 0 Å². The van der Waals surface area contributed by atoms with Crippen LogP contribution in [0.2, 0.25) is 0 Å². The highest BCUT2D eigenvalue weighted by molar-refractivity contribution is 6.07. The summed E-state index contributed by atoms with van der Waals surface area (Å²) in [6.45, 7) is 1.43. The van der Waals surface area contributed by atoms with Crippen molar-refractivity contribution >= 4 is 29.0 Å². The van der Waals surface area contributed by atoms with Crippen molar-refractivity contribution in [1.82, 2.24) is 4.98 Å². The molecular weight excluding hydrogens is 358 g/mol. The number of para-hydroxylation sites is 2. The molecule has 7 nitrogen and oxygen atoms in total. The fourth-order valence-electron chi connectivity index (χ4n) is 2.57. The maximum absolute atomic E-state index is 12.4. The highest BCUT2D eigenvalue weighted by Gasteiger charge is 2.12. The van der Waals surface area contributed by atoms with E-state index in [9.17, 15) is 14.4 Å². The largest absolute Gasteiger partial charge is 0.495 e. The molecule has 0 aliphatic carbocycles. The normalized spacial score (nSPS) is 10.2. The van der Waals surface area contributed by atoms with Crippen molar-refractivity contribution in [3.05, 3.63) is 77.6 Å². The van der Waals surface area contributed by atoms with E-state index in [-0.39, 0.29) is 23.3 Å². The molecule has 3 aromatic rings. The number of carbonyl (C=O) groups excluding carboxylic acids is 3. The molecule has 3 rings (SSSR count). The SMILES string of the molecule is COc1ccccc1NC(=O)c1ccc(NC(=O)c2cc(C(C)=O)c[nH]2)cc1. The zero-order valence-corrected chi connectivity index (χ0v) is 15.4. The maximum atomic E-state index is 12.4. The Hall–Kier alpha value is -3.87. The summed E-state index contributed by atoms with van der Waals surface area (Å²) in [4.78, 5) is 38.7. The van der Waals surface area contributed by atoms with E-state index < -0.39 is 0 Å². The molecule has 1 heterocycles. The molecule has 0 atom stereocenters. The van der Waals surface area contributed by atoms with Crippen LogP contribution in [0.15, 0.2) is 60.8 Å². The highest BCUT2D eigenvalue weighted by atomic mass is 16.5. The van der Waals surface area contributed by atoms with Crippen molar-refractivity contribution in [3.8, 4) is 5.75 Å². The van der Waals surface area contributed by atoms with Crippen molar-refractivity contribution in [3.63, 3.8) is 0 Å². The lowest BCUT2D eigenvalue weighted by molar-refractivity contribution is 0.101. The van der Waals surface area contributed by atoms with Crippen LogP contribution in [-0.2, 0) is 0 Å². The number of nitrogens with one attached hydrogen (secondary N) is 3. The summed E-state index contributed by atoms with van der Waals surface area (Å²) in [7, 11) is 1.53. The molecule has 0 fully saturated rings. The minimum Gasteiger partial charge on any atom is -0.495 e. The van der Waals surface area contributed by atoms with Crippen molar-refractivity contribution in [2.24, 2.45) is 0 Å². The molecule has 3 N–H and O–H groups in total. The topological polar surface area (TPSA) is 100 Å². The Morgan fingerprint density at radius 2 is 1.61 bits per heavy atom. The van der Waals surface area contributed by atoms with Crippen LogP contribution in [0.4, 0.5) is 11.4 Å². The lowest BCUT2D eigenvalue weighted by atomic mass is 10.1. The maximum Gasteiger partial charge on any atom is 0.272 e. The van der Waals surface area contributed by atoms with Gasteiger partial charge in [0.25, 0.3) is 11.8 Å². The quantitative estimate of drug-likeness (QED) is 0.570. The summed E-state index contributed by atoms with van der Waals surface area (Å²) in [5.41, 5.74) is 2.25. The van der Waals surface area contributed by atoms with Crippen LogP contribution in [0.1, 0.15) is 38.1 Å². The molecule has 0 bridgehead atoms. The molecule has 2 aromatic carbocycles. The number of methoxy groups -OCH3 is 1. The molecule has 0 radical (unpaired) electrons. The average molecular weight is 377 g/mol. The van der Waals surface area contributed by atoms with Crippen LogP contribution in [0.5, 0.6) is 5.75 Å². The predicted molar refractivity (Wildman–Crippen MR) is 106 cm³/mol. The summed E-state index contributed by atoms with van der Waals surface area (Å²) in [6, 6.07) is 15.1. The molecular formula is C21H19N3O4. The molecule has 1 aromatic heterocycles. The molecule has 2 amide bonds. The molecule has 0 saturated heterocycles. The van der Waals surface area contributed by atoms with Crippen LogP contribution in [0.3, 0.4) is 0 Å². The molecule has 0 saturated carbocycles. The van der Waals surface area contributed by atoms with Gasteiger partial charge in [0.15, 0.2) is 5.78 Å². The number of Topliss-reactive ketones (excluding diaryl/α,β-unsaturated/α-hetero) is 1. The van der Waals surface area contributed by atoms with Crippen molar-refractivity contribution in [2.45, 2.75) is 6.92 Å². The van der Waals surface area contributed by atoms with Gasteiger partial charge in [0.1, 0.15) is 11.4 Å². The monoisotopic (exact) mass is 377 g/mol. The Morgan fingerprint density at radius 1 is 0.893 bits per heavy atom. The van der Waals surface area contributed by atoms with Crippen LogP contribution >= 0.6 is 0 Å². The number of hydrogen-bond acceptors (Lipinski definition) is 4. The zero-order chi connectivity index (χ0) is 20.1. The van der Waals surface area contributed by atoms with Crippen molar-refractivity contribution in [1.29, 1.82) is 0 Å². The number of H-pyrrole nitrogens is 1. The second-order valence-corrected chi connectivity index (χ2v) is 6.04. The van der Waals surface area contributed by atoms with E-state index in [0.29, 0.717) is 28.3 Å². The third kappa shape index (κ3) is 4.27. The number of rotatable bonds is 6. The third-order valence-electron chi connectivity index (χ3n) is 4.09. The summed E-state index contributed by atoms with van der Waals surface area (Å²) in [5, 5.41) is 5.50. The second-order valence-electron chi connectivity index (χ2n) is 6.04. The predicted octanol–water partition coefficient (Wildman–Crippen LogP) is 3.73.